The lowest BCUT2D eigenvalue weighted by atomic mass is 10.0. The van der Waals surface area contributed by atoms with Crippen LogP contribution in [0.1, 0.15) is 38.8 Å². The molecule has 3 aromatic rings. The first kappa shape index (κ1) is 24.6. The SMILES string of the molecule is CCc1cc(-c2noc(-c3sc(C=O)c(C)c3C)n2)cc(C)c1OCC(O)CNC(=O)CO. The van der Waals surface area contributed by atoms with Crippen molar-refractivity contribution < 1.29 is 29.1 Å². The highest BCUT2D eigenvalue weighted by Gasteiger charge is 2.20. The number of carbonyl (C=O) groups is 2. The minimum atomic E-state index is -0.919. The summed E-state index contributed by atoms with van der Waals surface area (Å²) in [7, 11) is 0. The first-order chi connectivity index (χ1) is 15.8. The van der Waals surface area contributed by atoms with Crippen molar-refractivity contribution in [2.45, 2.75) is 40.2 Å². The molecule has 2 heterocycles. The number of aromatic nitrogens is 2. The number of aliphatic hydroxyl groups excluding tert-OH is 2. The van der Waals surface area contributed by atoms with Gasteiger partial charge in [-0.3, -0.25) is 9.59 Å². The first-order valence-electron chi connectivity index (χ1n) is 10.5. The maximum atomic E-state index is 11.3. The third-order valence-electron chi connectivity index (χ3n) is 5.30. The van der Waals surface area contributed by atoms with Gasteiger partial charge in [-0.2, -0.15) is 4.98 Å². The molecule has 1 atom stereocenters. The third-order valence-corrected chi connectivity index (χ3v) is 6.61. The van der Waals surface area contributed by atoms with E-state index in [4.69, 9.17) is 14.4 Å². The lowest BCUT2D eigenvalue weighted by Gasteiger charge is -2.17. The van der Waals surface area contributed by atoms with Gasteiger partial charge in [-0.15, -0.1) is 11.3 Å². The van der Waals surface area contributed by atoms with Gasteiger partial charge < -0.3 is 24.8 Å². The molecule has 9 nitrogen and oxygen atoms in total. The van der Waals surface area contributed by atoms with Crippen molar-refractivity contribution in [3.8, 4) is 27.9 Å². The molecule has 3 N–H and O–H groups in total. The van der Waals surface area contributed by atoms with E-state index in [1.807, 2.05) is 39.8 Å². The zero-order valence-corrected chi connectivity index (χ0v) is 19.8. The lowest BCUT2D eigenvalue weighted by molar-refractivity contribution is -0.124. The molecule has 1 unspecified atom stereocenters. The van der Waals surface area contributed by atoms with Crippen LogP contribution in [0.25, 0.3) is 22.2 Å². The van der Waals surface area contributed by atoms with Gasteiger partial charge in [-0.05, 0) is 61.6 Å². The van der Waals surface area contributed by atoms with Crippen LogP contribution in [0.4, 0.5) is 0 Å². The molecule has 10 heteroatoms. The maximum Gasteiger partial charge on any atom is 0.268 e. The zero-order chi connectivity index (χ0) is 24.1. The topological polar surface area (TPSA) is 135 Å². The summed E-state index contributed by atoms with van der Waals surface area (Å²) in [6.07, 6.45) is 0.594. The Bertz CT molecular complexity index is 1150. The summed E-state index contributed by atoms with van der Waals surface area (Å²) < 4.78 is 11.3. The van der Waals surface area contributed by atoms with Crippen LogP contribution >= 0.6 is 11.3 Å². The fourth-order valence-corrected chi connectivity index (χ4v) is 4.39. The number of aryl methyl sites for hydroxylation is 2. The second-order valence-electron chi connectivity index (χ2n) is 7.65. The quantitative estimate of drug-likeness (QED) is 0.383. The molecule has 0 saturated carbocycles. The Morgan fingerprint density at radius 3 is 2.70 bits per heavy atom. The summed E-state index contributed by atoms with van der Waals surface area (Å²) in [5.74, 6) is 0.892. The Balaban J connectivity index is 1.80. The lowest BCUT2D eigenvalue weighted by Crippen LogP contribution is -2.36. The minimum absolute atomic E-state index is 0.0126. The Morgan fingerprint density at radius 1 is 1.30 bits per heavy atom. The Morgan fingerprint density at radius 2 is 2.06 bits per heavy atom. The van der Waals surface area contributed by atoms with E-state index in [2.05, 4.69) is 15.5 Å². The molecule has 2 aromatic heterocycles. The summed E-state index contributed by atoms with van der Waals surface area (Å²) in [6.45, 7) is 7.04. The minimum Gasteiger partial charge on any atom is -0.490 e. The number of nitrogens with one attached hydrogen (secondary N) is 1. The number of carbonyl (C=O) groups excluding carboxylic acids is 2. The number of amides is 1. The highest BCUT2D eigenvalue weighted by Crippen LogP contribution is 2.36. The first-order valence-corrected chi connectivity index (χ1v) is 11.3. The monoisotopic (exact) mass is 473 g/mol. The number of rotatable bonds is 10. The molecular formula is C23H27N3O6S. The molecule has 33 heavy (non-hydrogen) atoms. The predicted octanol–water partition coefficient (Wildman–Crippen LogP) is 2.61. The molecule has 0 saturated heterocycles. The number of aliphatic hydroxyl groups is 2. The van der Waals surface area contributed by atoms with Crippen molar-refractivity contribution in [3.05, 3.63) is 39.3 Å². The van der Waals surface area contributed by atoms with Gasteiger partial charge in [0, 0.05) is 12.1 Å². The molecule has 0 bridgehead atoms. The van der Waals surface area contributed by atoms with Crippen LogP contribution in [0.2, 0.25) is 0 Å². The van der Waals surface area contributed by atoms with E-state index in [9.17, 15) is 14.7 Å². The van der Waals surface area contributed by atoms with Crippen molar-refractivity contribution >= 4 is 23.5 Å². The van der Waals surface area contributed by atoms with E-state index in [-0.39, 0.29) is 13.2 Å². The fraction of sp³-hybridized carbons (Fsp3) is 0.391. The van der Waals surface area contributed by atoms with Crippen LogP contribution in [0.15, 0.2) is 16.7 Å². The van der Waals surface area contributed by atoms with Gasteiger partial charge in [0.05, 0.1) is 9.75 Å². The third kappa shape index (κ3) is 5.47. The van der Waals surface area contributed by atoms with Gasteiger partial charge in [-0.25, -0.2) is 0 Å². The van der Waals surface area contributed by atoms with E-state index in [0.29, 0.717) is 28.8 Å². The van der Waals surface area contributed by atoms with Gasteiger partial charge in [0.15, 0.2) is 6.29 Å². The zero-order valence-electron chi connectivity index (χ0n) is 19.0. The van der Waals surface area contributed by atoms with E-state index >= 15 is 0 Å². The van der Waals surface area contributed by atoms with Crippen LogP contribution < -0.4 is 10.1 Å². The summed E-state index contributed by atoms with van der Waals surface area (Å²) in [5, 5.41) is 25.3. The van der Waals surface area contributed by atoms with Crippen LogP contribution in [0, 0.1) is 20.8 Å². The number of ether oxygens (including phenoxy) is 1. The molecule has 0 spiro atoms. The Labute approximate surface area is 195 Å². The summed E-state index contributed by atoms with van der Waals surface area (Å²) in [6, 6.07) is 3.80. The fourth-order valence-electron chi connectivity index (χ4n) is 3.34. The van der Waals surface area contributed by atoms with Crippen LogP contribution in [-0.4, -0.2) is 58.4 Å². The molecule has 0 aliphatic carbocycles. The van der Waals surface area contributed by atoms with Gasteiger partial charge >= 0.3 is 0 Å². The van der Waals surface area contributed by atoms with E-state index in [1.54, 1.807) is 0 Å². The number of benzene rings is 1. The molecule has 176 valence electrons. The average Bonchev–Trinajstić information content (AvgIpc) is 3.41. The van der Waals surface area contributed by atoms with Crippen molar-refractivity contribution in [2.24, 2.45) is 0 Å². The largest absolute Gasteiger partial charge is 0.490 e. The Kier molecular flexibility index (Phi) is 7.96. The molecule has 3 rings (SSSR count). The molecule has 1 amide bonds. The standard InChI is InChI=1S/C23H27N3O6S/c1-5-15-7-16(6-12(2)20(15)31-11-17(29)8-24-19(30)10-28)22-25-23(32-26-22)21-14(4)13(3)18(9-27)33-21/h6-7,9,17,28-29H,5,8,10-11H2,1-4H3,(H,24,30). The van der Waals surface area contributed by atoms with Gasteiger partial charge in [0.2, 0.25) is 11.7 Å². The van der Waals surface area contributed by atoms with E-state index in [1.165, 1.54) is 11.3 Å². The van der Waals surface area contributed by atoms with Crippen molar-refractivity contribution in [1.29, 1.82) is 0 Å². The predicted molar refractivity (Wildman–Crippen MR) is 124 cm³/mol. The number of thiophene rings is 1. The molecular weight excluding hydrogens is 446 g/mol. The second kappa shape index (κ2) is 10.7. The smallest absolute Gasteiger partial charge is 0.268 e. The number of nitrogens with zero attached hydrogens (tertiary/aromatic N) is 2. The average molecular weight is 474 g/mol. The molecule has 0 radical (unpaired) electrons. The second-order valence-corrected chi connectivity index (χ2v) is 8.70. The van der Waals surface area contributed by atoms with Gasteiger partial charge in [-0.1, -0.05) is 12.1 Å². The number of hydrogen-bond donors (Lipinski definition) is 3. The van der Waals surface area contributed by atoms with Gasteiger partial charge in [0.1, 0.15) is 25.1 Å². The van der Waals surface area contributed by atoms with Gasteiger partial charge in [0.25, 0.3) is 5.89 Å². The molecule has 1 aromatic carbocycles. The van der Waals surface area contributed by atoms with Crippen LogP contribution in [0.5, 0.6) is 5.75 Å². The number of hydrogen-bond acceptors (Lipinski definition) is 9. The van der Waals surface area contributed by atoms with Crippen LogP contribution in [-0.2, 0) is 11.2 Å². The van der Waals surface area contributed by atoms with Crippen molar-refractivity contribution in [2.75, 3.05) is 19.8 Å². The van der Waals surface area contributed by atoms with Crippen molar-refractivity contribution in [3.63, 3.8) is 0 Å². The van der Waals surface area contributed by atoms with E-state index < -0.39 is 18.6 Å². The van der Waals surface area contributed by atoms with E-state index in [0.717, 1.165) is 39.0 Å². The maximum absolute atomic E-state index is 11.3. The molecule has 0 fully saturated rings. The normalized spacial score (nSPS) is 11.9. The highest BCUT2D eigenvalue weighted by molar-refractivity contribution is 7.17. The van der Waals surface area contributed by atoms with Crippen molar-refractivity contribution in [1.82, 2.24) is 15.5 Å². The number of aldehydes is 1. The van der Waals surface area contributed by atoms with Crippen LogP contribution in [0.3, 0.4) is 0 Å². The summed E-state index contributed by atoms with van der Waals surface area (Å²) in [5.41, 5.74) is 4.38. The molecule has 0 aliphatic heterocycles. The highest BCUT2D eigenvalue weighted by atomic mass is 32.1. The molecule has 0 aliphatic rings. The summed E-state index contributed by atoms with van der Waals surface area (Å²) in [4.78, 5) is 28.3. The Hall–Kier alpha value is -3.08. The summed E-state index contributed by atoms with van der Waals surface area (Å²) >= 11 is 1.33.